The van der Waals surface area contributed by atoms with Gasteiger partial charge in [-0.25, -0.2) is 15.0 Å². The largest absolute Gasteiger partial charge is 0.493 e. The van der Waals surface area contributed by atoms with Gasteiger partial charge < -0.3 is 25.7 Å². The first-order chi connectivity index (χ1) is 13.9. The predicted molar refractivity (Wildman–Crippen MR) is 113 cm³/mol. The molecule has 0 bridgehead atoms. The van der Waals surface area contributed by atoms with Gasteiger partial charge in [-0.05, 0) is 23.3 Å². The first-order valence-corrected chi connectivity index (χ1v) is 8.58. The molecule has 2 aromatic rings. The Morgan fingerprint density at radius 2 is 1.90 bits per heavy atom. The van der Waals surface area contributed by atoms with E-state index in [1.165, 1.54) is 6.33 Å². The topological polar surface area (TPSA) is 130 Å². The molecule has 0 amide bonds. The first kappa shape index (κ1) is 21.4. The molecule has 9 heteroatoms. The summed E-state index contributed by atoms with van der Waals surface area (Å²) in [4.78, 5) is 16.7. The molecule has 0 aliphatic carbocycles. The van der Waals surface area contributed by atoms with Crippen molar-refractivity contribution in [1.82, 2.24) is 9.97 Å². The number of ether oxygens (including phenoxy) is 3. The van der Waals surface area contributed by atoms with Crippen LogP contribution in [0.25, 0.3) is 0 Å². The highest BCUT2D eigenvalue weighted by Crippen LogP contribution is 2.28. The molecule has 2 rings (SSSR count). The summed E-state index contributed by atoms with van der Waals surface area (Å²) in [5, 5.41) is 0. The molecule has 0 fully saturated rings. The minimum atomic E-state index is -0.114. The second-order valence-electron chi connectivity index (χ2n) is 5.80. The van der Waals surface area contributed by atoms with Gasteiger partial charge in [-0.2, -0.15) is 4.99 Å². The third-order valence-corrected chi connectivity index (χ3v) is 3.63. The fraction of sp³-hybridized carbons (Fsp3) is 0.200. The number of nitrogens with zero attached hydrogens (tertiary/aromatic N) is 4. The van der Waals surface area contributed by atoms with Crippen LogP contribution in [0.4, 0.5) is 5.82 Å². The lowest BCUT2D eigenvalue weighted by atomic mass is 10.1. The van der Waals surface area contributed by atoms with Crippen molar-refractivity contribution in [3.63, 3.8) is 0 Å². The summed E-state index contributed by atoms with van der Waals surface area (Å²) in [6.07, 6.45) is 3.29. The van der Waals surface area contributed by atoms with Gasteiger partial charge in [0, 0.05) is 12.5 Å². The lowest BCUT2D eigenvalue weighted by Crippen LogP contribution is -2.24. The SMILES string of the molecule is C=CC(=C)COc1cc(/N=C(\Cc2ccc(OC)c(OC)c2)N=C(N)N)ncn1. The van der Waals surface area contributed by atoms with E-state index in [-0.39, 0.29) is 12.6 Å². The van der Waals surface area contributed by atoms with E-state index < -0.39 is 0 Å². The summed E-state index contributed by atoms with van der Waals surface area (Å²) < 4.78 is 16.1. The number of methoxy groups -OCH3 is 2. The number of nitrogens with two attached hydrogens (primary N) is 2. The van der Waals surface area contributed by atoms with E-state index in [0.29, 0.717) is 35.5 Å². The molecule has 152 valence electrons. The van der Waals surface area contributed by atoms with Crippen molar-refractivity contribution >= 4 is 17.6 Å². The predicted octanol–water partition coefficient (Wildman–Crippen LogP) is 2.16. The molecule has 29 heavy (non-hydrogen) atoms. The van der Waals surface area contributed by atoms with Gasteiger partial charge in [0.15, 0.2) is 23.3 Å². The fourth-order valence-corrected chi connectivity index (χ4v) is 2.25. The van der Waals surface area contributed by atoms with Crippen LogP contribution in [0.2, 0.25) is 0 Å². The molecule has 1 aromatic carbocycles. The molecule has 0 unspecified atom stereocenters. The minimum Gasteiger partial charge on any atom is -0.493 e. The van der Waals surface area contributed by atoms with Crippen LogP contribution in [-0.4, -0.2) is 42.6 Å². The Balaban J connectivity index is 2.28. The average Bonchev–Trinajstić information content (AvgIpc) is 2.71. The molecular weight excluding hydrogens is 372 g/mol. The average molecular weight is 396 g/mol. The molecule has 1 heterocycles. The zero-order valence-electron chi connectivity index (χ0n) is 16.5. The van der Waals surface area contributed by atoms with Crippen LogP contribution in [-0.2, 0) is 6.42 Å². The molecule has 0 aliphatic rings. The van der Waals surface area contributed by atoms with Crippen molar-refractivity contribution in [3.05, 3.63) is 61.0 Å². The van der Waals surface area contributed by atoms with Gasteiger partial charge in [-0.3, -0.25) is 0 Å². The Hall–Kier alpha value is -3.88. The van der Waals surface area contributed by atoms with Gasteiger partial charge in [0.05, 0.1) is 14.2 Å². The molecule has 4 N–H and O–H groups in total. The molecule has 0 saturated heterocycles. The third-order valence-electron chi connectivity index (χ3n) is 3.63. The van der Waals surface area contributed by atoms with Crippen molar-refractivity contribution in [2.75, 3.05) is 20.8 Å². The van der Waals surface area contributed by atoms with Crippen molar-refractivity contribution < 1.29 is 14.2 Å². The van der Waals surface area contributed by atoms with E-state index in [4.69, 9.17) is 25.7 Å². The Morgan fingerprint density at radius 3 is 2.55 bits per heavy atom. The molecular formula is C20H24N6O3. The summed E-state index contributed by atoms with van der Waals surface area (Å²) in [6.45, 7) is 7.68. The summed E-state index contributed by atoms with van der Waals surface area (Å²) >= 11 is 0. The highest BCUT2D eigenvalue weighted by molar-refractivity contribution is 5.96. The molecule has 9 nitrogen and oxygen atoms in total. The van der Waals surface area contributed by atoms with Gasteiger partial charge in [-0.1, -0.05) is 25.3 Å². The van der Waals surface area contributed by atoms with Gasteiger partial charge >= 0.3 is 0 Å². The van der Waals surface area contributed by atoms with E-state index in [1.807, 2.05) is 12.1 Å². The lowest BCUT2D eigenvalue weighted by molar-refractivity contribution is 0.341. The van der Waals surface area contributed by atoms with Gasteiger partial charge in [0.1, 0.15) is 18.8 Å². The normalized spacial score (nSPS) is 10.8. The van der Waals surface area contributed by atoms with E-state index in [0.717, 1.165) is 11.1 Å². The molecule has 0 atom stereocenters. The molecule has 0 aliphatic heterocycles. The number of aromatic nitrogens is 2. The van der Waals surface area contributed by atoms with Crippen molar-refractivity contribution in [3.8, 4) is 17.4 Å². The van der Waals surface area contributed by atoms with Crippen molar-refractivity contribution in [2.45, 2.75) is 6.42 Å². The monoisotopic (exact) mass is 396 g/mol. The molecule has 1 aromatic heterocycles. The number of amidine groups is 1. The quantitative estimate of drug-likeness (QED) is 0.377. The van der Waals surface area contributed by atoms with Crippen LogP contribution in [0.1, 0.15) is 5.56 Å². The number of guanidine groups is 1. The summed E-state index contributed by atoms with van der Waals surface area (Å²) in [5.41, 5.74) is 12.7. The Labute approximate surface area is 169 Å². The molecule has 0 spiro atoms. The molecule has 0 saturated carbocycles. The van der Waals surface area contributed by atoms with E-state index >= 15 is 0 Å². The van der Waals surface area contributed by atoms with Crippen molar-refractivity contribution in [2.24, 2.45) is 21.5 Å². The van der Waals surface area contributed by atoms with Gasteiger partial charge in [-0.15, -0.1) is 0 Å². The Morgan fingerprint density at radius 1 is 1.14 bits per heavy atom. The highest BCUT2D eigenvalue weighted by atomic mass is 16.5. The minimum absolute atomic E-state index is 0.114. The first-order valence-electron chi connectivity index (χ1n) is 8.58. The van der Waals surface area contributed by atoms with Crippen molar-refractivity contribution in [1.29, 1.82) is 0 Å². The second kappa shape index (κ2) is 10.5. The van der Waals surface area contributed by atoms with Crippen LogP contribution in [0.3, 0.4) is 0 Å². The van der Waals surface area contributed by atoms with Crippen LogP contribution < -0.4 is 25.7 Å². The zero-order valence-corrected chi connectivity index (χ0v) is 16.5. The standard InChI is InChI=1S/C20H24N6O3/c1-5-13(2)11-29-19-10-17(23-12-24-19)25-18(26-20(21)22)9-14-6-7-15(27-3)16(8-14)28-4/h5-8,10,12H,1-2,9,11H2,3-4H3,(H4,21,22,23,24,25,26). The highest BCUT2D eigenvalue weighted by Gasteiger charge is 2.09. The number of rotatable bonds is 9. The number of hydrogen-bond acceptors (Lipinski definition) is 6. The summed E-state index contributed by atoms with van der Waals surface area (Å²) in [5.74, 6) is 2.15. The zero-order chi connectivity index (χ0) is 21.2. The Kier molecular flexibility index (Phi) is 7.72. The number of benzene rings is 1. The van der Waals surface area contributed by atoms with Crippen LogP contribution in [0.5, 0.6) is 17.4 Å². The van der Waals surface area contributed by atoms with Gasteiger partial charge in [0.2, 0.25) is 5.88 Å². The number of aliphatic imine (C=N–C) groups is 2. The summed E-state index contributed by atoms with van der Waals surface area (Å²) in [7, 11) is 3.14. The maximum Gasteiger partial charge on any atom is 0.218 e. The number of hydrogen-bond donors (Lipinski definition) is 2. The van der Waals surface area contributed by atoms with E-state index in [2.05, 4.69) is 33.1 Å². The van der Waals surface area contributed by atoms with Gasteiger partial charge in [0.25, 0.3) is 0 Å². The van der Waals surface area contributed by atoms with E-state index in [1.54, 1.807) is 32.4 Å². The summed E-state index contributed by atoms with van der Waals surface area (Å²) in [6, 6.07) is 7.07. The maximum absolute atomic E-state index is 5.55. The van der Waals surface area contributed by atoms with Crippen LogP contribution in [0.15, 0.2) is 65.4 Å². The smallest absolute Gasteiger partial charge is 0.218 e. The second-order valence-corrected chi connectivity index (χ2v) is 5.80. The van der Waals surface area contributed by atoms with E-state index in [9.17, 15) is 0 Å². The lowest BCUT2D eigenvalue weighted by Gasteiger charge is -2.10. The van der Waals surface area contributed by atoms with Crippen LogP contribution >= 0.6 is 0 Å². The maximum atomic E-state index is 5.55. The molecule has 0 radical (unpaired) electrons. The van der Waals surface area contributed by atoms with Crippen LogP contribution in [0, 0.1) is 0 Å². The third kappa shape index (κ3) is 6.65. The Bertz CT molecular complexity index is 936. The fourth-order valence-electron chi connectivity index (χ4n) is 2.25.